The van der Waals surface area contributed by atoms with E-state index in [0.717, 1.165) is 6.42 Å². The molecule has 0 radical (unpaired) electrons. The fraction of sp³-hybridized carbons (Fsp3) is 0.286. The number of allylic oxidation sites excluding steroid dienone is 2. The first-order chi connectivity index (χ1) is 3.93. The van der Waals surface area contributed by atoms with Crippen LogP contribution in [0.5, 0.6) is 0 Å². The lowest BCUT2D eigenvalue weighted by atomic mass is 10.3. The topological polar surface area (TPSA) is 0 Å². The summed E-state index contributed by atoms with van der Waals surface area (Å²) in [4.78, 5) is 1.33. The van der Waals surface area contributed by atoms with E-state index in [-0.39, 0.29) is 0 Å². The Morgan fingerprint density at radius 3 is 3.00 bits per heavy atom. The van der Waals surface area contributed by atoms with Crippen molar-refractivity contribution in [3.63, 3.8) is 0 Å². The van der Waals surface area contributed by atoms with Crippen molar-refractivity contribution in [3.05, 3.63) is 28.9 Å². The lowest BCUT2D eigenvalue weighted by Crippen LogP contribution is -1.71. The highest BCUT2D eigenvalue weighted by atomic mass is 32.2. The molecule has 0 aromatic rings. The molecule has 0 saturated heterocycles. The van der Waals surface area contributed by atoms with Gasteiger partial charge in [0.25, 0.3) is 0 Å². The van der Waals surface area contributed by atoms with Crippen molar-refractivity contribution in [1.29, 1.82) is 0 Å². The minimum absolute atomic E-state index is 1.05. The van der Waals surface area contributed by atoms with E-state index in [1.54, 1.807) is 11.8 Å². The standard InChI is InChI=1S/C7H8S/c1-8-7-5-3-2-4-6-7/h2,5-6H,3H2,1H3. The molecule has 0 atom stereocenters. The molecule has 0 saturated carbocycles. The zero-order valence-electron chi connectivity index (χ0n) is 4.85. The Morgan fingerprint density at radius 2 is 2.62 bits per heavy atom. The largest absolute Gasteiger partial charge is 0.129 e. The molecular formula is C7H8S. The number of thioether (sulfide) groups is 1. The zero-order chi connectivity index (χ0) is 5.82. The van der Waals surface area contributed by atoms with Crippen LogP contribution in [0.25, 0.3) is 0 Å². The van der Waals surface area contributed by atoms with Gasteiger partial charge in [0.1, 0.15) is 0 Å². The van der Waals surface area contributed by atoms with Crippen LogP contribution in [0, 0.1) is 0 Å². The summed E-state index contributed by atoms with van der Waals surface area (Å²) in [7, 11) is 0. The van der Waals surface area contributed by atoms with Crippen molar-refractivity contribution in [3.8, 4) is 0 Å². The molecular weight excluding hydrogens is 116 g/mol. The van der Waals surface area contributed by atoms with Crippen LogP contribution < -0.4 is 0 Å². The Bertz CT molecular complexity index is 159. The maximum atomic E-state index is 3.05. The lowest BCUT2D eigenvalue weighted by molar-refractivity contribution is 1.37. The van der Waals surface area contributed by atoms with E-state index >= 15 is 0 Å². The van der Waals surface area contributed by atoms with E-state index < -0.39 is 0 Å². The Morgan fingerprint density at radius 1 is 1.75 bits per heavy atom. The van der Waals surface area contributed by atoms with E-state index in [1.807, 2.05) is 12.2 Å². The van der Waals surface area contributed by atoms with Crippen molar-refractivity contribution in [2.45, 2.75) is 6.42 Å². The molecule has 0 fully saturated rings. The maximum Gasteiger partial charge on any atom is 0.0110 e. The van der Waals surface area contributed by atoms with Gasteiger partial charge in [-0.15, -0.1) is 17.5 Å². The van der Waals surface area contributed by atoms with Gasteiger partial charge in [0.2, 0.25) is 0 Å². The molecule has 0 bridgehead atoms. The molecule has 0 unspecified atom stereocenters. The van der Waals surface area contributed by atoms with E-state index in [1.165, 1.54) is 4.91 Å². The first kappa shape index (κ1) is 5.74. The highest BCUT2D eigenvalue weighted by molar-refractivity contribution is 8.02. The number of rotatable bonds is 1. The first-order valence-corrected chi connectivity index (χ1v) is 3.81. The van der Waals surface area contributed by atoms with Crippen LogP contribution in [0.4, 0.5) is 0 Å². The average Bonchev–Trinajstić information content (AvgIpc) is 1.90. The maximum absolute atomic E-state index is 3.05. The molecule has 0 amide bonds. The van der Waals surface area contributed by atoms with Crippen LogP contribution >= 0.6 is 11.8 Å². The molecule has 0 heterocycles. The molecule has 8 heavy (non-hydrogen) atoms. The van der Waals surface area contributed by atoms with Crippen LogP contribution in [0.15, 0.2) is 28.9 Å². The normalized spacial score (nSPS) is 16.4. The van der Waals surface area contributed by atoms with Gasteiger partial charge in [-0.25, -0.2) is 0 Å². The molecule has 1 rings (SSSR count). The summed E-state index contributed by atoms with van der Waals surface area (Å²) < 4.78 is 0. The van der Waals surface area contributed by atoms with Gasteiger partial charge in [0, 0.05) is 4.91 Å². The van der Waals surface area contributed by atoms with Crippen molar-refractivity contribution in [2.24, 2.45) is 0 Å². The fourth-order valence-corrected chi connectivity index (χ4v) is 1.03. The van der Waals surface area contributed by atoms with E-state index in [2.05, 4.69) is 18.1 Å². The molecule has 1 aliphatic carbocycles. The molecule has 1 aliphatic rings. The van der Waals surface area contributed by atoms with Crippen LogP contribution in [-0.4, -0.2) is 6.26 Å². The first-order valence-electron chi connectivity index (χ1n) is 2.58. The quantitative estimate of drug-likeness (QED) is 0.483. The molecule has 0 aliphatic heterocycles. The summed E-state index contributed by atoms with van der Waals surface area (Å²) in [5.41, 5.74) is 3.05. The second kappa shape index (κ2) is 2.81. The Balaban J connectivity index is 2.68. The van der Waals surface area contributed by atoms with E-state index in [0.29, 0.717) is 0 Å². The van der Waals surface area contributed by atoms with Crippen molar-refractivity contribution < 1.29 is 0 Å². The molecule has 0 aromatic heterocycles. The molecule has 0 spiro atoms. The Labute approximate surface area is 54.0 Å². The summed E-state index contributed by atoms with van der Waals surface area (Å²) in [6.07, 6.45) is 9.36. The van der Waals surface area contributed by atoms with Gasteiger partial charge in [-0.2, -0.15) is 0 Å². The predicted octanol–water partition coefficient (Wildman–Crippen LogP) is 2.35. The van der Waals surface area contributed by atoms with Crippen molar-refractivity contribution in [2.75, 3.05) is 6.26 Å². The van der Waals surface area contributed by atoms with Gasteiger partial charge in [-0.1, -0.05) is 6.08 Å². The van der Waals surface area contributed by atoms with Crippen molar-refractivity contribution >= 4 is 11.8 Å². The van der Waals surface area contributed by atoms with Crippen LogP contribution in [0.3, 0.4) is 0 Å². The lowest BCUT2D eigenvalue weighted by Gasteiger charge is -1.94. The van der Waals surface area contributed by atoms with E-state index in [9.17, 15) is 0 Å². The molecule has 0 aromatic carbocycles. The van der Waals surface area contributed by atoms with Gasteiger partial charge in [0.05, 0.1) is 0 Å². The SMILES string of the molecule is CSC1=CCC=C=C1. The molecule has 0 nitrogen and oxygen atoms in total. The van der Waals surface area contributed by atoms with Crippen molar-refractivity contribution in [1.82, 2.24) is 0 Å². The molecule has 42 valence electrons. The summed E-state index contributed by atoms with van der Waals surface area (Å²) in [5, 5.41) is 0. The van der Waals surface area contributed by atoms with Gasteiger partial charge in [-0.05, 0) is 24.8 Å². The highest BCUT2D eigenvalue weighted by Crippen LogP contribution is 2.15. The highest BCUT2D eigenvalue weighted by Gasteiger charge is 1.87. The smallest absolute Gasteiger partial charge is 0.0110 e. The van der Waals surface area contributed by atoms with Crippen LogP contribution in [0.2, 0.25) is 0 Å². The minimum atomic E-state index is 1.05. The van der Waals surface area contributed by atoms with Gasteiger partial charge < -0.3 is 0 Å². The van der Waals surface area contributed by atoms with E-state index in [4.69, 9.17) is 0 Å². The minimum Gasteiger partial charge on any atom is -0.129 e. The summed E-state index contributed by atoms with van der Waals surface area (Å²) >= 11 is 1.77. The second-order valence-electron chi connectivity index (χ2n) is 1.56. The van der Waals surface area contributed by atoms with Crippen LogP contribution in [-0.2, 0) is 0 Å². The average molecular weight is 124 g/mol. The Kier molecular flexibility index (Phi) is 2.01. The van der Waals surface area contributed by atoms with Gasteiger partial charge >= 0.3 is 0 Å². The predicted molar refractivity (Wildman–Crippen MR) is 38.9 cm³/mol. The second-order valence-corrected chi connectivity index (χ2v) is 2.44. The third-order valence-electron chi connectivity index (χ3n) is 1.02. The third kappa shape index (κ3) is 1.29. The third-order valence-corrected chi connectivity index (χ3v) is 1.77. The Hall–Kier alpha value is -0.390. The zero-order valence-corrected chi connectivity index (χ0v) is 5.66. The number of hydrogen-bond donors (Lipinski definition) is 0. The summed E-state index contributed by atoms with van der Waals surface area (Å²) in [6, 6.07) is 0. The summed E-state index contributed by atoms with van der Waals surface area (Å²) in [6.45, 7) is 0. The fourth-order valence-electron chi connectivity index (χ4n) is 0.585. The molecule has 0 N–H and O–H groups in total. The van der Waals surface area contributed by atoms with Gasteiger partial charge in [0.15, 0.2) is 0 Å². The van der Waals surface area contributed by atoms with Crippen LogP contribution in [0.1, 0.15) is 6.42 Å². The monoisotopic (exact) mass is 124 g/mol. The van der Waals surface area contributed by atoms with Gasteiger partial charge in [-0.3, -0.25) is 0 Å². The molecule has 1 heteroatoms. The summed E-state index contributed by atoms with van der Waals surface area (Å²) in [5.74, 6) is 0. The number of hydrogen-bond acceptors (Lipinski definition) is 1.